The lowest BCUT2D eigenvalue weighted by Gasteiger charge is -2.32. The first-order chi connectivity index (χ1) is 14.4. The predicted molar refractivity (Wildman–Crippen MR) is 126 cm³/mol. The highest BCUT2D eigenvalue weighted by Gasteiger charge is 2.52. The third-order valence-corrected chi connectivity index (χ3v) is 6.09. The summed E-state index contributed by atoms with van der Waals surface area (Å²) in [5.41, 5.74) is 1.66. The van der Waals surface area contributed by atoms with Gasteiger partial charge in [0.05, 0.1) is 11.2 Å². The van der Waals surface area contributed by atoms with E-state index in [4.69, 9.17) is 14.0 Å². The Morgan fingerprint density at radius 1 is 1.16 bits per heavy atom. The van der Waals surface area contributed by atoms with Gasteiger partial charge in [-0.25, -0.2) is 4.79 Å². The first kappa shape index (κ1) is 23.7. The molecule has 1 aromatic rings. The van der Waals surface area contributed by atoms with Gasteiger partial charge in [-0.1, -0.05) is 18.2 Å². The number of hydrogen-bond acceptors (Lipinski definition) is 5. The molecule has 1 N–H and O–H groups in total. The molecule has 0 saturated carbocycles. The number of nitrogens with one attached hydrogen (secondary N) is 1. The molecule has 0 aromatic heterocycles. The van der Waals surface area contributed by atoms with Crippen LogP contribution < -0.4 is 10.2 Å². The van der Waals surface area contributed by atoms with Crippen LogP contribution in [0.25, 0.3) is 6.08 Å². The Morgan fingerprint density at radius 3 is 2.35 bits per heavy atom. The van der Waals surface area contributed by atoms with E-state index in [-0.39, 0.29) is 6.54 Å². The van der Waals surface area contributed by atoms with Crippen molar-refractivity contribution < 1.29 is 18.8 Å². The van der Waals surface area contributed by atoms with E-state index in [1.165, 1.54) is 18.5 Å². The molecule has 0 spiro atoms. The third-order valence-electron chi connectivity index (χ3n) is 6.09. The van der Waals surface area contributed by atoms with Crippen LogP contribution in [0.2, 0.25) is 0 Å². The highest BCUT2D eigenvalue weighted by molar-refractivity contribution is 6.56. The Hall–Kier alpha value is -1.99. The first-order valence-corrected chi connectivity index (χ1v) is 11.2. The number of ether oxygens (including phenoxy) is 1. The second-order valence-corrected chi connectivity index (χ2v) is 10.5. The fourth-order valence-corrected chi connectivity index (χ4v) is 3.69. The van der Waals surface area contributed by atoms with Crippen molar-refractivity contribution in [3.8, 4) is 0 Å². The van der Waals surface area contributed by atoms with E-state index in [0.29, 0.717) is 0 Å². The van der Waals surface area contributed by atoms with Crippen LogP contribution in [0.15, 0.2) is 29.7 Å². The SMILES string of the molecule is CC(C)(C)OC(=O)NCC(=Cc1cccc(N2CCCC2)c1)B1OC(C)(C)C(C)(C)O1. The molecule has 0 bridgehead atoms. The summed E-state index contributed by atoms with van der Waals surface area (Å²) < 4.78 is 17.9. The van der Waals surface area contributed by atoms with Crippen LogP contribution in [0, 0.1) is 0 Å². The van der Waals surface area contributed by atoms with Gasteiger partial charge in [0.1, 0.15) is 5.60 Å². The maximum atomic E-state index is 12.3. The Kier molecular flexibility index (Phi) is 6.77. The standard InChI is InChI=1S/C24H37BN2O4/c1-22(2,3)29-21(28)26-17-19(25-30-23(4,5)24(6,7)31-25)15-18-11-10-12-20(16-18)27-13-8-9-14-27/h10-12,15-16H,8-9,13-14,17H2,1-7H3,(H,26,28). The van der Waals surface area contributed by atoms with Crippen LogP contribution in [0.5, 0.6) is 0 Å². The van der Waals surface area contributed by atoms with Crippen molar-refractivity contribution in [1.82, 2.24) is 5.32 Å². The zero-order valence-corrected chi connectivity index (χ0v) is 20.1. The minimum Gasteiger partial charge on any atom is -0.444 e. The summed E-state index contributed by atoms with van der Waals surface area (Å²) in [5, 5.41) is 2.86. The molecule has 2 fully saturated rings. The van der Waals surface area contributed by atoms with Gasteiger partial charge in [-0.3, -0.25) is 0 Å². The molecule has 0 radical (unpaired) electrons. The summed E-state index contributed by atoms with van der Waals surface area (Å²) >= 11 is 0. The van der Waals surface area contributed by atoms with Crippen molar-refractivity contribution in [2.24, 2.45) is 0 Å². The molecule has 7 heteroatoms. The molecular weight excluding hydrogens is 391 g/mol. The average Bonchev–Trinajstić information content (AvgIpc) is 3.24. The van der Waals surface area contributed by atoms with Crippen molar-refractivity contribution in [3.63, 3.8) is 0 Å². The average molecular weight is 428 g/mol. The van der Waals surface area contributed by atoms with Crippen LogP contribution in [0.1, 0.15) is 66.9 Å². The Balaban J connectivity index is 1.83. The van der Waals surface area contributed by atoms with Gasteiger partial charge in [0.25, 0.3) is 0 Å². The highest BCUT2D eigenvalue weighted by atomic mass is 16.7. The Bertz CT molecular complexity index is 807. The fraction of sp³-hybridized carbons (Fsp3) is 0.625. The maximum absolute atomic E-state index is 12.3. The van der Waals surface area contributed by atoms with E-state index < -0.39 is 30.0 Å². The van der Waals surface area contributed by atoms with E-state index in [2.05, 4.69) is 40.6 Å². The van der Waals surface area contributed by atoms with Crippen molar-refractivity contribution in [3.05, 3.63) is 35.3 Å². The van der Waals surface area contributed by atoms with E-state index in [1.807, 2.05) is 48.5 Å². The molecule has 0 aliphatic carbocycles. The summed E-state index contributed by atoms with van der Waals surface area (Å²) in [6.45, 7) is 16.1. The fourth-order valence-electron chi connectivity index (χ4n) is 3.69. The molecule has 6 nitrogen and oxygen atoms in total. The lowest BCUT2D eigenvalue weighted by Crippen LogP contribution is -2.41. The second-order valence-electron chi connectivity index (χ2n) is 10.5. The van der Waals surface area contributed by atoms with E-state index in [0.717, 1.165) is 24.1 Å². The monoisotopic (exact) mass is 428 g/mol. The minimum absolute atomic E-state index is 0.277. The van der Waals surface area contributed by atoms with Crippen LogP contribution in [-0.4, -0.2) is 49.6 Å². The van der Waals surface area contributed by atoms with Crippen LogP contribution in [-0.2, 0) is 14.0 Å². The summed E-state index contributed by atoms with van der Waals surface area (Å²) in [7, 11) is -0.546. The largest absolute Gasteiger partial charge is 0.492 e. The lowest BCUT2D eigenvalue weighted by molar-refractivity contribution is 0.00578. The van der Waals surface area contributed by atoms with E-state index in [9.17, 15) is 4.79 Å². The molecule has 31 heavy (non-hydrogen) atoms. The molecule has 170 valence electrons. The summed E-state index contributed by atoms with van der Waals surface area (Å²) in [6.07, 6.45) is 4.07. The van der Waals surface area contributed by atoms with Gasteiger partial charge in [-0.15, -0.1) is 0 Å². The number of amides is 1. The van der Waals surface area contributed by atoms with Crippen molar-refractivity contribution in [2.45, 2.75) is 78.1 Å². The van der Waals surface area contributed by atoms with E-state index in [1.54, 1.807) is 0 Å². The lowest BCUT2D eigenvalue weighted by atomic mass is 9.77. The predicted octanol–water partition coefficient (Wildman–Crippen LogP) is 4.83. The molecular formula is C24H37BN2O4. The van der Waals surface area contributed by atoms with Gasteiger partial charge in [0.2, 0.25) is 0 Å². The molecule has 0 unspecified atom stereocenters. The molecule has 2 aliphatic heterocycles. The number of benzene rings is 1. The van der Waals surface area contributed by atoms with Gasteiger partial charge in [0, 0.05) is 25.3 Å². The minimum atomic E-state index is -0.553. The maximum Gasteiger partial charge on any atom is 0.492 e. The van der Waals surface area contributed by atoms with Gasteiger partial charge in [-0.2, -0.15) is 0 Å². The quantitative estimate of drug-likeness (QED) is 0.681. The second kappa shape index (κ2) is 8.87. The van der Waals surface area contributed by atoms with Crippen LogP contribution >= 0.6 is 0 Å². The van der Waals surface area contributed by atoms with Crippen LogP contribution in [0.3, 0.4) is 0 Å². The molecule has 3 rings (SSSR count). The summed E-state index contributed by atoms with van der Waals surface area (Å²) in [5.74, 6) is 0. The molecule has 2 aliphatic rings. The number of nitrogens with zero attached hydrogens (tertiary/aromatic N) is 1. The number of carbonyl (C=O) groups excluding carboxylic acids is 1. The number of rotatable bonds is 5. The normalized spacial score (nSPS) is 20.8. The number of carbonyl (C=O) groups is 1. The molecule has 2 saturated heterocycles. The highest BCUT2D eigenvalue weighted by Crippen LogP contribution is 2.39. The Morgan fingerprint density at radius 2 is 1.77 bits per heavy atom. The smallest absolute Gasteiger partial charge is 0.444 e. The number of alkyl carbamates (subject to hydrolysis) is 1. The molecule has 1 amide bonds. The van der Waals surface area contributed by atoms with Gasteiger partial charge >= 0.3 is 13.2 Å². The third kappa shape index (κ3) is 6.04. The van der Waals surface area contributed by atoms with Gasteiger partial charge in [0.15, 0.2) is 0 Å². The molecule has 2 heterocycles. The zero-order chi connectivity index (χ0) is 22.9. The van der Waals surface area contributed by atoms with Crippen molar-refractivity contribution in [2.75, 3.05) is 24.5 Å². The van der Waals surface area contributed by atoms with Crippen LogP contribution in [0.4, 0.5) is 10.5 Å². The number of hydrogen-bond donors (Lipinski definition) is 1. The molecule has 1 aromatic carbocycles. The van der Waals surface area contributed by atoms with Gasteiger partial charge < -0.3 is 24.3 Å². The first-order valence-electron chi connectivity index (χ1n) is 11.2. The zero-order valence-electron chi connectivity index (χ0n) is 20.1. The Labute approximate surface area is 187 Å². The molecule has 0 atom stereocenters. The topological polar surface area (TPSA) is 60.0 Å². The summed E-state index contributed by atoms with van der Waals surface area (Å²) in [4.78, 5) is 14.7. The van der Waals surface area contributed by atoms with Crippen molar-refractivity contribution >= 4 is 25.0 Å². The van der Waals surface area contributed by atoms with Crippen molar-refractivity contribution in [1.29, 1.82) is 0 Å². The summed E-state index contributed by atoms with van der Waals surface area (Å²) in [6, 6.07) is 8.47. The van der Waals surface area contributed by atoms with Gasteiger partial charge in [-0.05, 0) is 84.5 Å². The van der Waals surface area contributed by atoms with E-state index >= 15 is 0 Å². The number of anilines is 1.